The van der Waals surface area contributed by atoms with Crippen LogP contribution in [-0.2, 0) is 4.74 Å². The fourth-order valence-corrected chi connectivity index (χ4v) is 1.99. The lowest BCUT2D eigenvalue weighted by atomic mass is 10.00. The number of ether oxygens (including phenoxy) is 1. The van der Waals surface area contributed by atoms with Gasteiger partial charge >= 0.3 is 0 Å². The van der Waals surface area contributed by atoms with Crippen LogP contribution in [0.5, 0.6) is 0 Å². The molecule has 0 spiro atoms. The van der Waals surface area contributed by atoms with Gasteiger partial charge in [0.1, 0.15) is 0 Å². The highest BCUT2D eigenvalue weighted by molar-refractivity contribution is 6.30. The molecule has 0 heterocycles. The zero-order chi connectivity index (χ0) is 12.1. The van der Waals surface area contributed by atoms with Gasteiger partial charge in [-0.05, 0) is 37.5 Å². The maximum absolute atomic E-state index is 5.91. The van der Waals surface area contributed by atoms with Crippen molar-refractivity contribution < 1.29 is 4.74 Å². The standard InChI is InChI=1S/C14H20ClNO/c1-2-17-10-12(9-16-14-7-8-14)11-3-5-13(15)6-4-11/h3-6,12,14,16H,2,7-10H2,1H3. The number of benzene rings is 1. The van der Waals surface area contributed by atoms with Crippen LogP contribution < -0.4 is 5.32 Å². The Labute approximate surface area is 108 Å². The zero-order valence-electron chi connectivity index (χ0n) is 10.3. The second-order valence-corrected chi connectivity index (χ2v) is 5.03. The molecule has 2 rings (SSSR count). The first-order valence-corrected chi connectivity index (χ1v) is 6.74. The predicted octanol–water partition coefficient (Wildman–Crippen LogP) is 3.21. The molecule has 1 atom stereocenters. The predicted molar refractivity (Wildman–Crippen MR) is 71.7 cm³/mol. The Morgan fingerprint density at radius 1 is 1.35 bits per heavy atom. The van der Waals surface area contributed by atoms with Gasteiger partial charge in [0.05, 0.1) is 6.61 Å². The van der Waals surface area contributed by atoms with Crippen molar-refractivity contribution in [1.29, 1.82) is 0 Å². The third-order valence-electron chi connectivity index (χ3n) is 3.09. The molecule has 0 amide bonds. The van der Waals surface area contributed by atoms with Crippen LogP contribution in [-0.4, -0.2) is 25.8 Å². The first-order chi connectivity index (χ1) is 8.29. The molecule has 0 bridgehead atoms. The van der Waals surface area contributed by atoms with Crippen LogP contribution in [0.3, 0.4) is 0 Å². The van der Waals surface area contributed by atoms with E-state index in [1.54, 1.807) is 0 Å². The van der Waals surface area contributed by atoms with E-state index >= 15 is 0 Å². The van der Waals surface area contributed by atoms with Crippen molar-refractivity contribution in [3.05, 3.63) is 34.9 Å². The molecular formula is C14H20ClNO. The molecule has 0 saturated heterocycles. The van der Waals surface area contributed by atoms with Gasteiger partial charge in [0.25, 0.3) is 0 Å². The van der Waals surface area contributed by atoms with Crippen LogP contribution in [0, 0.1) is 0 Å². The van der Waals surface area contributed by atoms with Gasteiger partial charge in [-0.2, -0.15) is 0 Å². The van der Waals surface area contributed by atoms with Gasteiger partial charge in [0, 0.05) is 30.1 Å². The molecule has 1 fully saturated rings. The number of halogens is 1. The summed E-state index contributed by atoms with van der Waals surface area (Å²) < 4.78 is 5.56. The first kappa shape index (κ1) is 12.9. The van der Waals surface area contributed by atoms with Gasteiger partial charge in [0.15, 0.2) is 0 Å². The molecule has 1 unspecified atom stereocenters. The monoisotopic (exact) mass is 253 g/mol. The van der Waals surface area contributed by atoms with E-state index in [1.165, 1.54) is 18.4 Å². The third-order valence-corrected chi connectivity index (χ3v) is 3.35. The van der Waals surface area contributed by atoms with Crippen molar-refractivity contribution in [3.63, 3.8) is 0 Å². The molecule has 94 valence electrons. The maximum atomic E-state index is 5.91. The summed E-state index contributed by atoms with van der Waals surface area (Å²) in [5.74, 6) is 0.424. The molecule has 0 radical (unpaired) electrons. The lowest BCUT2D eigenvalue weighted by molar-refractivity contribution is 0.131. The van der Waals surface area contributed by atoms with E-state index < -0.39 is 0 Å². The largest absolute Gasteiger partial charge is 0.381 e. The Morgan fingerprint density at radius 3 is 2.65 bits per heavy atom. The molecule has 1 aliphatic rings. The number of hydrogen-bond acceptors (Lipinski definition) is 2. The summed E-state index contributed by atoms with van der Waals surface area (Å²) in [4.78, 5) is 0. The van der Waals surface area contributed by atoms with Gasteiger partial charge in [0.2, 0.25) is 0 Å². The average Bonchev–Trinajstić information content (AvgIpc) is 3.15. The fourth-order valence-electron chi connectivity index (χ4n) is 1.86. The summed E-state index contributed by atoms with van der Waals surface area (Å²) in [5.41, 5.74) is 1.30. The normalized spacial score (nSPS) is 17.1. The van der Waals surface area contributed by atoms with Gasteiger partial charge in [-0.1, -0.05) is 23.7 Å². The molecule has 1 aromatic carbocycles. The molecule has 3 heteroatoms. The Kier molecular flexibility index (Phi) is 4.84. The van der Waals surface area contributed by atoms with Gasteiger partial charge in [-0.3, -0.25) is 0 Å². The van der Waals surface area contributed by atoms with Gasteiger partial charge < -0.3 is 10.1 Å². The number of nitrogens with one attached hydrogen (secondary N) is 1. The van der Waals surface area contributed by atoms with Crippen LogP contribution in [0.25, 0.3) is 0 Å². The van der Waals surface area contributed by atoms with E-state index in [4.69, 9.17) is 16.3 Å². The quantitative estimate of drug-likeness (QED) is 0.806. The lowest BCUT2D eigenvalue weighted by Crippen LogP contribution is -2.26. The molecule has 2 nitrogen and oxygen atoms in total. The average molecular weight is 254 g/mol. The molecule has 1 aromatic rings. The van der Waals surface area contributed by atoms with E-state index in [2.05, 4.69) is 17.4 Å². The fraction of sp³-hybridized carbons (Fsp3) is 0.571. The van der Waals surface area contributed by atoms with E-state index in [9.17, 15) is 0 Å². The third kappa shape index (κ3) is 4.30. The summed E-state index contributed by atoms with van der Waals surface area (Å²) in [6.07, 6.45) is 2.64. The maximum Gasteiger partial charge on any atom is 0.0546 e. The van der Waals surface area contributed by atoms with E-state index in [0.717, 1.165) is 30.8 Å². The highest BCUT2D eigenvalue weighted by Crippen LogP contribution is 2.22. The number of rotatable bonds is 7. The molecule has 0 aromatic heterocycles. The van der Waals surface area contributed by atoms with Crippen LogP contribution >= 0.6 is 11.6 Å². The summed E-state index contributed by atoms with van der Waals surface area (Å²) in [6, 6.07) is 8.84. The summed E-state index contributed by atoms with van der Waals surface area (Å²) >= 11 is 5.91. The minimum Gasteiger partial charge on any atom is -0.381 e. The Morgan fingerprint density at radius 2 is 2.06 bits per heavy atom. The summed E-state index contributed by atoms with van der Waals surface area (Å²) in [7, 11) is 0. The smallest absolute Gasteiger partial charge is 0.0546 e. The van der Waals surface area contributed by atoms with E-state index in [0.29, 0.717) is 5.92 Å². The Balaban J connectivity index is 1.93. The van der Waals surface area contributed by atoms with Crippen LogP contribution in [0.1, 0.15) is 31.2 Å². The van der Waals surface area contributed by atoms with Gasteiger partial charge in [-0.15, -0.1) is 0 Å². The van der Waals surface area contributed by atoms with Crippen molar-refractivity contribution in [1.82, 2.24) is 5.32 Å². The molecule has 1 aliphatic carbocycles. The van der Waals surface area contributed by atoms with Crippen molar-refractivity contribution >= 4 is 11.6 Å². The van der Waals surface area contributed by atoms with Crippen LogP contribution in [0.2, 0.25) is 5.02 Å². The number of hydrogen-bond donors (Lipinski definition) is 1. The van der Waals surface area contributed by atoms with Crippen LogP contribution in [0.4, 0.5) is 0 Å². The molecule has 1 saturated carbocycles. The topological polar surface area (TPSA) is 21.3 Å². The molecule has 1 N–H and O–H groups in total. The SMILES string of the molecule is CCOCC(CNC1CC1)c1ccc(Cl)cc1. The minimum atomic E-state index is 0.424. The first-order valence-electron chi connectivity index (χ1n) is 6.36. The van der Waals surface area contributed by atoms with Crippen molar-refractivity contribution in [2.45, 2.75) is 31.7 Å². The Bertz CT molecular complexity index is 335. The highest BCUT2D eigenvalue weighted by Gasteiger charge is 2.22. The second kappa shape index (κ2) is 6.39. The van der Waals surface area contributed by atoms with E-state index in [1.807, 2.05) is 19.1 Å². The lowest BCUT2D eigenvalue weighted by Gasteiger charge is -2.18. The highest BCUT2D eigenvalue weighted by atomic mass is 35.5. The molecule has 17 heavy (non-hydrogen) atoms. The van der Waals surface area contributed by atoms with Crippen molar-refractivity contribution in [3.8, 4) is 0 Å². The van der Waals surface area contributed by atoms with E-state index in [-0.39, 0.29) is 0 Å². The van der Waals surface area contributed by atoms with Gasteiger partial charge in [-0.25, -0.2) is 0 Å². The zero-order valence-corrected chi connectivity index (χ0v) is 11.0. The Hall–Kier alpha value is -0.570. The molecule has 0 aliphatic heterocycles. The molecular weight excluding hydrogens is 234 g/mol. The minimum absolute atomic E-state index is 0.424. The second-order valence-electron chi connectivity index (χ2n) is 4.59. The van der Waals surface area contributed by atoms with Crippen LogP contribution in [0.15, 0.2) is 24.3 Å². The summed E-state index contributed by atoms with van der Waals surface area (Å²) in [5, 5.41) is 4.36. The van der Waals surface area contributed by atoms with Crippen molar-refractivity contribution in [2.24, 2.45) is 0 Å². The summed E-state index contributed by atoms with van der Waals surface area (Å²) in [6.45, 7) is 4.57. The van der Waals surface area contributed by atoms with Crippen molar-refractivity contribution in [2.75, 3.05) is 19.8 Å².